The lowest BCUT2D eigenvalue weighted by Gasteiger charge is -2.07. The van der Waals surface area contributed by atoms with Crippen LogP contribution in [0.2, 0.25) is 0 Å². The summed E-state index contributed by atoms with van der Waals surface area (Å²) in [6, 6.07) is -0.363. The van der Waals surface area contributed by atoms with Gasteiger partial charge in [0.15, 0.2) is 0 Å². The third-order valence-corrected chi connectivity index (χ3v) is 1.88. The summed E-state index contributed by atoms with van der Waals surface area (Å²) in [4.78, 5) is 30.6. The smallest absolute Gasteiger partial charge is 0.323 e. The minimum Gasteiger partial charge on any atom is -0.480 e. The van der Waals surface area contributed by atoms with Crippen LogP contribution < -0.4 is 10.6 Å². The van der Waals surface area contributed by atoms with Gasteiger partial charge in [-0.15, -0.1) is 0 Å². The summed E-state index contributed by atoms with van der Waals surface area (Å²) in [5.41, 5.74) is -1.66. The maximum Gasteiger partial charge on any atom is 0.323 e. The van der Waals surface area contributed by atoms with Crippen LogP contribution in [0.4, 0.5) is 25.0 Å². The molecule has 0 bridgehead atoms. The lowest BCUT2D eigenvalue weighted by molar-refractivity contribution is -0.387. The molecular formula is C9H7F2N3O5. The van der Waals surface area contributed by atoms with Crippen LogP contribution in [0.15, 0.2) is 12.1 Å². The summed E-state index contributed by atoms with van der Waals surface area (Å²) in [6.07, 6.45) is 0. The number of nitrogens with one attached hydrogen (secondary N) is 2. The Kier molecular flexibility index (Phi) is 4.29. The average Bonchev–Trinajstić information content (AvgIpc) is 2.29. The molecule has 0 saturated carbocycles. The Morgan fingerprint density at radius 3 is 2.47 bits per heavy atom. The molecular weight excluding hydrogens is 268 g/mol. The Bertz CT molecular complexity index is 549. The molecule has 0 heterocycles. The van der Waals surface area contributed by atoms with Crippen LogP contribution in [0.25, 0.3) is 0 Å². The molecule has 1 rings (SSSR count). The van der Waals surface area contributed by atoms with E-state index in [2.05, 4.69) is 0 Å². The number of nitro benzene ring substituents is 1. The predicted molar refractivity (Wildman–Crippen MR) is 57.7 cm³/mol. The molecule has 19 heavy (non-hydrogen) atoms. The quantitative estimate of drug-likeness (QED) is 0.560. The van der Waals surface area contributed by atoms with Gasteiger partial charge in [0.25, 0.3) is 0 Å². The van der Waals surface area contributed by atoms with Crippen LogP contribution in [0.5, 0.6) is 0 Å². The molecule has 0 aliphatic rings. The van der Waals surface area contributed by atoms with E-state index in [1.807, 2.05) is 10.6 Å². The first-order chi connectivity index (χ1) is 8.81. The van der Waals surface area contributed by atoms with Crippen molar-refractivity contribution in [3.63, 3.8) is 0 Å². The zero-order valence-corrected chi connectivity index (χ0v) is 9.15. The molecule has 102 valence electrons. The second-order valence-electron chi connectivity index (χ2n) is 3.24. The van der Waals surface area contributed by atoms with Gasteiger partial charge in [-0.05, 0) is 0 Å². The number of hydrogen-bond acceptors (Lipinski definition) is 4. The van der Waals surface area contributed by atoms with E-state index in [9.17, 15) is 28.5 Å². The van der Waals surface area contributed by atoms with Crippen LogP contribution in [0, 0.1) is 21.7 Å². The number of carbonyl (C=O) groups is 2. The van der Waals surface area contributed by atoms with Crippen molar-refractivity contribution in [3.05, 3.63) is 33.9 Å². The van der Waals surface area contributed by atoms with Gasteiger partial charge in [0.1, 0.15) is 12.4 Å². The van der Waals surface area contributed by atoms with Gasteiger partial charge in [0.05, 0.1) is 10.6 Å². The van der Waals surface area contributed by atoms with Gasteiger partial charge < -0.3 is 15.7 Å². The highest BCUT2D eigenvalue weighted by atomic mass is 19.1. The molecule has 8 nitrogen and oxygen atoms in total. The average molecular weight is 275 g/mol. The maximum absolute atomic E-state index is 13.2. The molecule has 1 aromatic carbocycles. The minimum absolute atomic E-state index is 0.241. The molecule has 0 aromatic heterocycles. The Morgan fingerprint density at radius 1 is 1.32 bits per heavy atom. The zero-order chi connectivity index (χ0) is 14.6. The van der Waals surface area contributed by atoms with Crippen molar-refractivity contribution >= 4 is 23.4 Å². The second-order valence-corrected chi connectivity index (χ2v) is 3.24. The van der Waals surface area contributed by atoms with Crippen LogP contribution in [0.3, 0.4) is 0 Å². The number of carbonyl (C=O) groups excluding carboxylic acids is 1. The highest BCUT2D eigenvalue weighted by Crippen LogP contribution is 2.24. The number of aliphatic carboxylic acids is 1. The molecule has 0 radical (unpaired) electrons. The van der Waals surface area contributed by atoms with Crippen LogP contribution in [-0.2, 0) is 4.79 Å². The number of benzene rings is 1. The van der Waals surface area contributed by atoms with Crippen LogP contribution >= 0.6 is 0 Å². The van der Waals surface area contributed by atoms with E-state index in [0.29, 0.717) is 6.07 Å². The van der Waals surface area contributed by atoms with Gasteiger partial charge in [0.2, 0.25) is 5.82 Å². The summed E-state index contributed by atoms with van der Waals surface area (Å²) in [5, 5.41) is 22.4. The largest absolute Gasteiger partial charge is 0.480 e. The van der Waals surface area contributed by atoms with Gasteiger partial charge in [-0.25, -0.2) is 9.18 Å². The number of nitrogens with zero attached hydrogens (tertiary/aromatic N) is 1. The van der Waals surface area contributed by atoms with Crippen molar-refractivity contribution in [1.29, 1.82) is 0 Å². The van der Waals surface area contributed by atoms with E-state index in [-0.39, 0.29) is 6.07 Å². The van der Waals surface area contributed by atoms with Gasteiger partial charge in [-0.2, -0.15) is 4.39 Å². The molecule has 0 aliphatic heterocycles. The van der Waals surface area contributed by atoms with Gasteiger partial charge in [-0.3, -0.25) is 14.9 Å². The molecule has 2 amide bonds. The topological polar surface area (TPSA) is 122 Å². The lowest BCUT2D eigenvalue weighted by Crippen LogP contribution is -2.33. The summed E-state index contributed by atoms with van der Waals surface area (Å²) >= 11 is 0. The van der Waals surface area contributed by atoms with Crippen LogP contribution in [-0.4, -0.2) is 28.6 Å². The van der Waals surface area contributed by atoms with Crippen LogP contribution in [0.1, 0.15) is 0 Å². The first kappa shape index (κ1) is 14.3. The van der Waals surface area contributed by atoms with E-state index in [1.165, 1.54) is 0 Å². The fraction of sp³-hybridized carbons (Fsp3) is 0.111. The number of carboxylic acid groups (broad SMARTS) is 1. The summed E-state index contributed by atoms with van der Waals surface area (Å²) in [7, 11) is 0. The molecule has 0 atom stereocenters. The number of anilines is 1. The Labute approximate surface area is 104 Å². The molecule has 0 fully saturated rings. The standard InChI is InChI=1S/C9H7F2N3O5/c10-4-1-5(11)7(14(18)19)2-6(4)13-9(17)12-3-8(15)16/h1-2H,3H2,(H,15,16)(H2,12,13,17). The maximum atomic E-state index is 13.2. The monoisotopic (exact) mass is 275 g/mol. The van der Waals surface area contributed by atoms with Gasteiger partial charge in [-0.1, -0.05) is 0 Å². The van der Waals surface area contributed by atoms with E-state index >= 15 is 0 Å². The molecule has 0 saturated heterocycles. The molecule has 10 heteroatoms. The third-order valence-electron chi connectivity index (χ3n) is 1.88. The SMILES string of the molecule is O=C(O)CNC(=O)Nc1cc([N+](=O)[O-])c(F)cc1F. The Balaban J connectivity index is 2.89. The van der Waals surface area contributed by atoms with E-state index < -0.39 is 46.5 Å². The number of urea groups is 1. The summed E-state index contributed by atoms with van der Waals surface area (Å²) in [5.74, 6) is -3.95. The number of amides is 2. The number of halogens is 2. The number of rotatable bonds is 4. The Morgan fingerprint density at radius 2 is 1.95 bits per heavy atom. The summed E-state index contributed by atoms with van der Waals surface area (Å²) in [6.45, 7) is -0.725. The molecule has 0 aliphatic carbocycles. The second kappa shape index (κ2) is 5.71. The summed E-state index contributed by atoms with van der Waals surface area (Å²) < 4.78 is 26.2. The van der Waals surface area contributed by atoms with Crippen molar-refractivity contribution < 1.29 is 28.4 Å². The molecule has 1 aromatic rings. The van der Waals surface area contributed by atoms with E-state index in [1.54, 1.807) is 0 Å². The normalized spacial score (nSPS) is 9.79. The van der Waals surface area contributed by atoms with Gasteiger partial charge >= 0.3 is 17.7 Å². The van der Waals surface area contributed by atoms with Crippen molar-refractivity contribution in [3.8, 4) is 0 Å². The number of carboxylic acids is 1. The lowest BCUT2D eigenvalue weighted by atomic mass is 10.2. The number of hydrogen-bond donors (Lipinski definition) is 3. The fourth-order valence-electron chi connectivity index (χ4n) is 1.10. The first-order valence-electron chi connectivity index (χ1n) is 4.71. The molecule has 0 spiro atoms. The third kappa shape index (κ3) is 3.87. The first-order valence-corrected chi connectivity index (χ1v) is 4.71. The Hall–Kier alpha value is -2.78. The predicted octanol–water partition coefficient (Wildman–Crippen LogP) is 1.08. The highest BCUT2D eigenvalue weighted by Gasteiger charge is 2.19. The van der Waals surface area contributed by atoms with Crippen molar-refractivity contribution in [2.24, 2.45) is 0 Å². The van der Waals surface area contributed by atoms with E-state index in [0.717, 1.165) is 0 Å². The minimum atomic E-state index is -1.39. The van der Waals surface area contributed by atoms with Crippen molar-refractivity contribution in [2.75, 3.05) is 11.9 Å². The van der Waals surface area contributed by atoms with Gasteiger partial charge in [0, 0.05) is 12.1 Å². The van der Waals surface area contributed by atoms with E-state index in [4.69, 9.17) is 5.11 Å². The van der Waals surface area contributed by atoms with Crippen molar-refractivity contribution in [1.82, 2.24) is 5.32 Å². The molecule has 3 N–H and O–H groups in total. The number of nitro groups is 1. The zero-order valence-electron chi connectivity index (χ0n) is 9.15. The highest BCUT2D eigenvalue weighted by molar-refractivity contribution is 5.91. The van der Waals surface area contributed by atoms with Crippen molar-refractivity contribution in [2.45, 2.75) is 0 Å². The fourth-order valence-corrected chi connectivity index (χ4v) is 1.10. The molecule has 0 unspecified atom stereocenters.